The van der Waals surface area contributed by atoms with Gasteiger partial charge in [-0.2, -0.15) is 4.98 Å². The molecule has 1 fully saturated rings. The second kappa shape index (κ2) is 6.72. The van der Waals surface area contributed by atoms with Gasteiger partial charge in [0.2, 0.25) is 5.89 Å². The molecule has 3 heterocycles. The Morgan fingerprint density at radius 2 is 2.04 bits per heavy atom. The van der Waals surface area contributed by atoms with Gasteiger partial charge in [0.1, 0.15) is 5.54 Å². The van der Waals surface area contributed by atoms with Crippen molar-refractivity contribution in [1.82, 2.24) is 15.5 Å². The second-order valence-corrected chi connectivity index (χ2v) is 7.57. The maximum Gasteiger partial charge on any atom is 0.253 e. The summed E-state index contributed by atoms with van der Waals surface area (Å²) >= 11 is 0. The highest BCUT2D eigenvalue weighted by Crippen LogP contribution is 2.39. The predicted octanol–water partition coefficient (Wildman–Crippen LogP) is 2.35. The second-order valence-electron chi connectivity index (χ2n) is 7.57. The lowest BCUT2D eigenvalue weighted by Crippen LogP contribution is -2.61. The van der Waals surface area contributed by atoms with Crippen LogP contribution in [0.1, 0.15) is 38.4 Å². The number of aromatic nitrogens is 2. The van der Waals surface area contributed by atoms with Crippen molar-refractivity contribution in [2.75, 3.05) is 23.3 Å². The number of nitrogens with one attached hydrogen (secondary N) is 2. The molecule has 7 heteroatoms. The summed E-state index contributed by atoms with van der Waals surface area (Å²) in [5, 5.41) is 10.9. The van der Waals surface area contributed by atoms with Crippen molar-refractivity contribution in [2.24, 2.45) is 5.92 Å². The van der Waals surface area contributed by atoms with E-state index in [-0.39, 0.29) is 5.91 Å². The number of hydrogen-bond donors (Lipinski definition) is 2. The molecule has 26 heavy (non-hydrogen) atoms. The molecular weight excluding hydrogens is 330 g/mol. The summed E-state index contributed by atoms with van der Waals surface area (Å²) in [6.07, 6.45) is 2.28. The molecule has 1 aromatic heterocycles. The Bertz CT molecular complexity index is 795. The minimum absolute atomic E-state index is 0.0907. The van der Waals surface area contributed by atoms with Gasteiger partial charge in [0, 0.05) is 6.42 Å². The lowest BCUT2D eigenvalue weighted by molar-refractivity contribution is -0.124. The van der Waals surface area contributed by atoms with E-state index in [1.54, 1.807) is 4.90 Å². The minimum Gasteiger partial charge on any atom is -0.369 e. The van der Waals surface area contributed by atoms with E-state index in [2.05, 4.69) is 34.6 Å². The van der Waals surface area contributed by atoms with E-state index in [9.17, 15) is 4.79 Å². The fourth-order valence-electron chi connectivity index (χ4n) is 3.77. The summed E-state index contributed by atoms with van der Waals surface area (Å²) in [5.41, 5.74) is 1.31. The van der Waals surface area contributed by atoms with Crippen LogP contribution in [0.15, 0.2) is 28.8 Å². The van der Waals surface area contributed by atoms with E-state index >= 15 is 0 Å². The topological polar surface area (TPSA) is 83.3 Å². The zero-order valence-corrected chi connectivity index (χ0v) is 15.3. The number of carbonyl (C=O) groups excluding carboxylic acids is 1. The molecule has 2 N–H and O–H groups in total. The van der Waals surface area contributed by atoms with Gasteiger partial charge in [0.25, 0.3) is 5.91 Å². The van der Waals surface area contributed by atoms with Crippen molar-refractivity contribution >= 4 is 17.3 Å². The van der Waals surface area contributed by atoms with E-state index in [0.29, 0.717) is 24.2 Å². The highest BCUT2D eigenvalue weighted by molar-refractivity contribution is 6.07. The van der Waals surface area contributed by atoms with Crippen LogP contribution >= 0.6 is 0 Å². The molecule has 1 aromatic carbocycles. The minimum atomic E-state index is -0.551. The standard InChI is InChI=1S/C19H25N5O2/c1-13(2)11-17-21-16(23-26-17)12-24-15-6-4-3-5-14(15)22-19(18(24)25)7-9-20-10-8-19/h3-6,13,20,22H,7-12H2,1-2H3. The van der Waals surface area contributed by atoms with Gasteiger partial charge < -0.3 is 20.1 Å². The van der Waals surface area contributed by atoms with E-state index < -0.39 is 5.54 Å². The van der Waals surface area contributed by atoms with Crippen molar-refractivity contribution < 1.29 is 9.32 Å². The van der Waals surface area contributed by atoms with Gasteiger partial charge in [0.15, 0.2) is 5.82 Å². The molecule has 0 saturated carbocycles. The fourth-order valence-corrected chi connectivity index (χ4v) is 3.77. The first-order valence-corrected chi connectivity index (χ1v) is 9.29. The molecule has 138 valence electrons. The summed E-state index contributed by atoms with van der Waals surface area (Å²) in [7, 11) is 0. The first kappa shape index (κ1) is 17.0. The van der Waals surface area contributed by atoms with Crippen LogP contribution in [0.25, 0.3) is 0 Å². The molecule has 2 aromatic rings. The smallest absolute Gasteiger partial charge is 0.253 e. The first-order valence-electron chi connectivity index (χ1n) is 9.29. The van der Waals surface area contributed by atoms with Crippen LogP contribution < -0.4 is 15.5 Å². The Morgan fingerprint density at radius 1 is 1.27 bits per heavy atom. The van der Waals surface area contributed by atoms with E-state index in [1.165, 1.54) is 0 Å². The van der Waals surface area contributed by atoms with Gasteiger partial charge in [-0.15, -0.1) is 0 Å². The summed E-state index contributed by atoms with van der Waals surface area (Å²) < 4.78 is 5.35. The van der Waals surface area contributed by atoms with Crippen molar-refractivity contribution in [3.8, 4) is 0 Å². The summed E-state index contributed by atoms with van der Waals surface area (Å²) in [5.74, 6) is 1.72. The maximum absolute atomic E-state index is 13.4. The number of para-hydroxylation sites is 2. The molecule has 0 atom stereocenters. The third-order valence-corrected chi connectivity index (χ3v) is 5.07. The first-order chi connectivity index (χ1) is 12.6. The van der Waals surface area contributed by atoms with Crippen molar-refractivity contribution in [1.29, 1.82) is 0 Å². The van der Waals surface area contributed by atoms with E-state index in [4.69, 9.17) is 4.52 Å². The van der Waals surface area contributed by atoms with Crippen LogP contribution in [0.2, 0.25) is 0 Å². The van der Waals surface area contributed by atoms with Gasteiger partial charge in [-0.05, 0) is 44.0 Å². The molecule has 4 rings (SSSR count). The average Bonchev–Trinajstić information content (AvgIpc) is 3.06. The lowest BCUT2D eigenvalue weighted by Gasteiger charge is -2.45. The number of nitrogens with zero attached hydrogens (tertiary/aromatic N) is 3. The number of piperidine rings is 1. The van der Waals surface area contributed by atoms with Gasteiger partial charge >= 0.3 is 0 Å². The third-order valence-electron chi connectivity index (χ3n) is 5.07. The SMILES string of the molecule is CC(C)Cc1nc(CN2C(=O)C3(CCNCC3)Nc3ccccc32)no1. The van der Waals surface area contributed by atoms with Crippen LogP contribution in [-0.4, -0.2) is 34.7 Å². The summed E-state index contributed by atoms with van der Waals surface area (Å²) in [6, 6.07) is 7.92. The highest BCUT2D eigenvalue weighted by atomic mass is 16.5. The van der Waals surface area contributed by atoms with Gasteiger partial charge in [0.05, 0.1) is 17.9 Å². The molecular formula is C19H25N5O2. The highest BCUT2D eigenvalue weighted by Gasteiger charge is 2.46. The number of carbonyl (C=O) groups is 1. The molecule has 0 unspecified atom stereocenters. The molecule has 0 aliphatic carbocycles. The number of benzene rings is 1. The Morgan fingerprint density at radius 3 is 2.81 bits per heavy atom. The van der Waals surface area contributed by atoms with Crippen LogP contribution in [-0.2, 0) is 17.8 Å². The third kappa shape index (κ3) is 3.07. The van der Waals surface area contributed by atoms with E-state index in [0.717, 1.165) is 43.7 Å². The molecule has 0 bridgehead atoms. The van der Waals surface area contributed by atoms with Crippen molar-refractivity contribution in [3.63, 3.8) is 0 Å². The number of fused-ring (bicyclic) bond motifs is 1. The normalized spacial score (nSPS) is 18.9. The molecule has 7 nitrogen and oxygen atoms in total. The van der Waals surface area contributed by atoms with Crippen molar-refractivity contribution in [3.05, 3.63) is 36.0 Å². The number of amides is 1. The molecule has 1 amide bonds. The summed E-state index contributed by atoms with van der Waals surface area (Å²) in [4.78, 5) is 19.7. The quantitative estimate of drug-likeness (QED) is 0.876. The molecule has 2 aliphatic heterocycles. The van der Waals surface area contributed by atoms with Crippen LogP contribution in [0.5, 0.6) is 0 Å². The fraction of sp³-hybridized carbons (Fsp3) is 0.526. The molecule has 0 radical (unpaired) electrons. The van der Waals surface area contributed by atoms with Crippen LogP contribution in [0.4, 0.5) is 11.4 Å². The Labute approximate surface area is 153 Å². The van der Waals surface area contributed by atoms with E-state index in [1.807, 2.05) is 24.3 Å². The Balaban J connectivity index is 1.64. The maximum atomic E-state index is 13.4. The monoisotopic (exact) mass is 355 g/mol. The largest absolute Gasteiger partial charge is 0.369 e. The molecule has 2 aliphatic rings. The lowest BCUT2D eigenvalue weighted by atomic mass is 9.84. The zero-order valence-electron chi connectivity index (χ0n) is 15.3. The number of rotatable bonds is 4. The van der Waals surface area contributed by atoms with Crippen LogP contribution in [0.3, 0.4) is 0 Å². The number of hydrogen-bond acceptors (Lipinski definition) is 6. The van der Waals surface area contributed by atoms with Crippen LogP contribution in [0, 0.1) is 5.92 Å². The average molecular weight is 355 g/mol. The van der Waals surface area contributed by atoms with Crippen molar-refractivity contribution in [2.45, 2.75) is 45.2 Å². The zero-order chi connectivity index (χ0) is 18.1. The Kier molecular flexibility index (Phi) is 4.40. The summed E-state index contributed by atoms with van der Waals surface area (Å²) in [6.45, 7) is 6.21. The molecule has 1 saturated heterocycles. The Hall–Kier alpha value is -2.41. The van der Waals surface area contributed by atoms with Gasteiger partial charge in [-0.3, -0.25) is 4.79 Å². The number of anilines is 2. The van der Waals surface area contributed by atoms with Gasteiger partial charge in [-0.25, -0.2) is 0 Å². The van der Waals surface area contributed by atoms with Gasteiger partial charge in [-0.1, -0.05) is 31.1 Å². The molecule has 1 spiro atoms. The predicted molar refractivity (Wildman–Crippen MR) is 98.9 cm³/mol.